The van der Waals surface area contributed by atoms with Gasteiger partial charge in [-0.1, -0.05) is 52.3 Å². The Balaban J connectivity index is 1.69. The fourth-order valence-electron chi connectivity index (χ4n) is 5.42. The number of carbonyl (C=O) groups excluding carboxylic acids is 3. The van der Waals surface area contributed by atoms with E-state index in [1.807, 2.05) is 54.5 Å². The smallest absolute Gasteiger partial charge is 0.408 e. The molecule has 2 aliphatic heterocycles. The molecule has 0 saturated carbocycles. The Labute approximate surface area is 252 Å². The number of halogens is 1. The van der Waals surface area contributed by atoms with Crippen molar-refractivity contribution in [3.63, 3.8) is 0 Å². The van der Waals surface area contributed by atoms with E-state index in [2.05, 4.69) is 4.98 Å². The lowest BCUT2D eigenvalue weighted by atomic mass is 9.75. The average molecular weight is 598 g/mol. The van der Waals surface area contributed by atoms with Crippen LogP contribution >= 0.6 is 11.6 Å². The Bertz CT molecular complexity index is 1460. The lowest BCUT2D eigenvalue weighted by Crippen LogP contribution is -2.58. The molecule has 226 valence electrons. The van der Waals surface area contributed by atoms with Gasteiger partial charge in [0.05, 0.1) is 5.69 Å². The van der Waals surface area contributed by atoms with Gasteiger partial charge in [0, 0.05) is 35.9 Å². The molecule has 2 aliphatic rings. The van der Waals surface area contributed by atoms with Crippen LogP contribution in [-0.2, 0) is 21.5 Å². The zero-order valence-corrected chi connectivity index (χ0v) is 26.5. The van der Waals surface area contributed by atoms with Gasteiger partial charge in [-0.15, -0.1) is 0 Å². The van der Waals surface area contributed by atoms with E-state index in [1.54, 1.807) is 49.2 Å². The third kappa shape index (κ3) is 5.21. The molecule has 3 heterocycles. The van der Waals surface area contributed by atoms with E-state index in [4.69, 9.17) is 11.6 Å². The second-order valence-electron chi connectivity index (χ2n) is 13.8. The first kappa shape index (κ1) is 31.3. The highest BCUT2D eigenvalue weighted by atomic mass is 35.5. The van der Waals surface area contributed by atoms with Gasteiger partial charge < -0.3 is 14.9 Å². The van der Waals surface area contributed by atoms with Gasteiger partial charge in [0.15, 0.2) is 0 Å². The molecule has 5 amide bonds. The van der Waals surface area contributed by atoms with Gasteiger partial charge in [-0.25, -0.2) is 19.5 Å². The van der Waals surface area contributed by atoms with Gasteiger partial charge in [0.2, 0.25) is 5.91 Å². The van der Waals surface area contributed by atoms with Crippen molar-refractivity contribution >= 4 is 46.9 Å². The number of amides is 5. The maximum absolute atomic E-state index is 13.8. The number of urea groups is 1. The molecule has 2 aromatic rings. The minimum absolute atomic E-state index is 0.160. The summed E-state index contributed by atoms with van der Waals surface area (Å²) in [5.41, 5.74) is -0.331. The van der Waals surface area contributed by atoms with Gasteiger partial charge in [-0.2, -0.15) is 0 Å². The van der Waals surface area contributed by atoms with Crippen molar-refractivity contribution in [3.05, 3.63) is 52.8 Å². The van der Waals surface area contributed by atoms with Crippen molar-refractivity contribution in [1.82, 2.24) is 14.8 Å². The number of carbonyl (C=O) groups is 4. The van der Waals surface area contributed by atoms with Crippen LogP contribution < -0.4 is 9.80 Å². The lowest BCUT2D eigenvalue weighted by Gasteiger charge is -2.46. The number of imide groups is 1. The molecule has 0 unspecified atom stereocenters. The number of hydrogen-bond donors (Lipinski definition) is 1. The monoisotopic (exact) mass is 597 g/mol. The Kier molecular flexibility index (Phi) is 7.64. The summed E-state index contributed by atoms with van der Waals surface area (Å²) < 4.78 is 0. The molecule has 1 fully saturated rings. The van der Waals surface area contributed by atoms with E-state index in [0.29, 0.717) is 23.1 Å². The van der Waals surface area contributed by atoms with E-state index >= 15 is 0 Å². The molecular formula is C31H40ClN5O5. The van der Waals surface area contributed by atoms with Crippen LogP contribution in [-0.4, -0.2) is 68.0 Å². The molecular weight excluding hydrogens is 558 g/mol. The van der Waals surface area contributed by atoms with Crippen molar-refractivity contribution in [2.24, 2.45) is 5.41 Å². The summed E-state index contributed by atoms with van der Waals surface area (Å²) in [6, 6.07) is 8.15. The third-order valence-corrected chi connectivity index (χ3v) is 9.31. The average Bonchev–Trinajstić information content (AvgIpc) is 3.23. The minimum atomic E-state index is -1.18. The zero-order chi connectivity index (χ0) is 31.6. The highest BCUT2D eigenvalue weighted by Crippen LogP contribution is 2.44. The summed E-state index contributed by atoms with van der Waals surface area (Å²) in [6.45, 7) is 17.0. The molecule has 4 rings (SSSR count). The number of fused-ring (bicyclic) bond motifs is 1. The predicted octanol–water partition coefficient (Wildman–Crippen LogP) is 5.91. The number of carboxylic acid groups (broad SMARTS) is 1. The second kappa shape index (κ2) is 10.3. The molecule has 42 heavy (non-hydrogen) atoms. The maximum Gasteiger partial charge on any atom is 0.408 e. The molecule has 0 radical (unpaired) electrons. The first-order chi connectivity index (χ1) is 19.2. The summed E-state index contributed by atoms with van der Waals surface area (Å²) >= 11 is 6.04. The van der Waals surface area contributed by atoms with Crippen molar-refractivity contribution in [2.45, 2.75) is 85.4 Å². The lowest BCUT2D eigenvalue weighted by molar-refractivity contribution is -0.123. The number of aromatic nitrogens is 1. The van der Waals surface area contributed by atoms with Gasteiger partial charge >= 0.3 is 12.1 Å². The maximum atomic E-state index is 13.8. The third-order valence-electron chi connectivity index (χ3n) is 9.10. The predicted molar refractivity (Wildman–Crippen MR) is 162 cm³/mol. The van der Waals surface area contributed by atoms with Crippen molar-refractivity contribution < 1.29 is 24.3 Å². The molecule has 0 atom stereocenters. The number of benzene rings is 1. The van der Waals surface area contributed by atoms with E-state index in [1.165, 1.54) is 9.80 Å². The molecule has 0 bridgehead atoms. The van der Waals surface area contributed by atoms with Crippen LogP contribution in [0.1, 0.15) is 73.4 Å². The molecule has 1 aromatic carbocycles. The number of anilines is 2. The van der Waals surface area contributed by atoms with Gasteiger partial charge in [0.1, 0.15) is 17.2 Å². The fourth-order valence-corrected chi connectivity index (χ4v) is 5.62. The van der Waals surface area contributed by atoms with Crippen LogP contribution in [0, 0.1) is 5.41 Å². The minimum Gasteiger partial charge on any atom is -0.465 e. The van der Waals surface area contributed by atoms with Crippen LogP contribution in [0.2, 0.25) is 5.15 Å². The summed E-state index contributed by atoms with van der Waals surface area (Å²) in [5.74, 6) is -0.777. The molecule has 1 N–H and O–H groups in total. The fraction of sp³-hybridized carbons (Fsp3) is 0.516. The normalized spacial score (nSPS) is 18.0. The quantitative estimate of drug-likeness (QED) is 0.327. The van der Waals surface area contributed by atoms with Crippen molar-refractivity contribution in [3.8, 4) is 0 Å². The van der Waals surface area contributed by atoms with Crippen LogP contribution in [0.25, 0.3) is 0 Å². The van der Waals surface area contributed by atoms with Crippen LogP contribution in [0.5, 0.6) is 0 Å². The first-order valence-corrected chi connectivity index (χ1v) is 14.3. The van der Waals surface area contributed by atoms with Crippen molar-refractivity contribution in [2.75, 3.05) is 22.9 Å². The van der Waals surface area contributed by atoms with E-state index in [-0.39, 0.29) is 19.0 Å². The zero-order valence-electron chi connectivity index (χ0n) is 25.8. The van der Waals surface area contributed by atoms with Gasteiger partial charge in [-0.05, 0) is 68.5 Å². The van der Waals surface area contributed by atoms with Crippen LogP contribution in [0.15, 0.2) is 36.5 Å². The number of rotatable bonds is 6. The van der Waals surface area contributed by atoms with Crippen LogP contribution in [0.4, 0.5) is 21.0 Å². The molecule has 10 nitrogen and oxygen atoms in total. The Morgan fingerprint density at radius 2 is 1.69 bits per heavy atom. The molecule has 1 saturated heterocycles. The largest absolute Gasteiger partial charge is 0.465 e. The molecule has 1 aromatic heterocycles. The van der Waals surface area contributed by atoms with Crippen molar-refractivity contribution in [1.29, 1.82) is 0 Å². The summed E-state index contributed by atoms with van der Waals surface area (Å²) in [7, 11) is 0. The SMILES string of the molecule is CC1(C)CN(C(=O)CN(C(=O)O)C(C)(C)C(C)(C)C)c2cc(N3C(=O)N(Cc4ccnc(Cl)c4)C(C)(C)C3=O)ccc21. The number of pyridine rings is 1. The Morgan fingerprint density at radius 3 is 2.26 bits per heavy atom. The second-order valence-corrected chi connectivity index (χ2v) is 14.2. The van der Waals surface area contributed by atoms with E-state index < -0.39 is 39.9 Å². The van der Waals surface area contributed by atoms with Gasteiger partial charge in [0.25, 0.3) is 5.91 Å². The first-order valence-electron chi connectivity index (χ1n) is 13.9. The Morgan fingerprint density at radius 1 is 1.05 bits per heavy atom. The standard InChI is InChI=1S/C31H40ClN5O5/c1-28(2,3)31(8,9)36(27(41)42)17-24(38)34-18-29(4,5)21-11-10-20(15-22(21)34)37-25(39)30(6,7)35(26(37)40)16-19-12-13-33-23(32)14-19/h10-15H,16-18H2,1-9H3,(H,41,42). The molecule has 11 heteroatoms. The summed E-state index contributed by atoms with van der Waals surface area (Å²) in [5, 5.41) is 10.4. The van der Waals surface area contributed by atoms with Gasteiger partial charge in [-0.3, -0.25) is 14.5 Å². The summed E-state index contributed by atoms with van der Waals surface area (Å²) in [6.07, 6.45) is 0.369. The van der Waals surface area contributed by atoms with E-state index in [9.17, 15) is 24.3 Å². The highest BCUT2D eigenvalue weighted by molar-refractivity contribution is 6.29. The molecule has 0 spiro atoms. The van der Waals surface area contributed by atoms with Crippen LogP contribution in [0.3, 0.4) is 0 Å². The number of nitrogens with zero attached hydrogens (tertiary/aromatic N) is 5. The Hall–Kier alpha value is -3.66. The van der Waals surface area contributed by atoms with E-state index in [0.717, 1.165) is 16.0 Å². The summed E-state index contributed by atoms with van der Waals surface area (Å²) in [4.78, 5) is 62.8. The number of hydrogen-bond acceptors (Lipinski definition) is 5. The highest BCUT2D eigenvalue weighted by Gasteiger charge is 2.52. The molecule has 0 aliphatic carbocycles. The topological polar surface area (TPSA) is 114 Å².